The lowest BCUT2D eigenvalue weighted by Gasteiger charge is -2.06. The van der Waals surface area contributed by atoms with Gasteiger partial charge in [0.2, 0.25) is 0 Å². The molecule has 1 amide bonds. The van der Waals surface area contributed by atoms with Crippen LogP contribution in [0.3, 0.4) is 0 Å². The predicted octanol–water partition coefficient (Wildman–Crippen LogP) is 0.943. The van der Waals surface area contributed by atoms with E-state index in [-0.39, 0.29) is 29.6 Å². The normalized spacial score (nSPS) is 10.3. The van der Waals surface area contributed by atoms with Crippen LogP contribution >= 0.6 is 11.8 Å². The first-order chi connectivity index (χ1) is 8.65. The van der Waals surface area contributed by atoms with Gasteiger partial charge in [0.15, 0.2) is 0 Å². The molecule has 18 heavy (non-hydrogen) atoms. The second kappa shape index (κ2) is 7.84. The second-order valence-corrected chi connectivity index (χ2v) is 4.87. The molecule has 1 rings (SSSR count). The van der Waals surface area contributed by atoms with Crippen LogP contribution in [-0.4, -0.2) is 45.9 Å². The monoisotopic (exact) mass is 271 g/mol. The molecule has 4 N–H and O–H groups in total. The van der Waals surface area contributed by atoms with Crippen LogP contribution in [0, 0.1) is 0 Å². The molecule has 5 nitrogen and oxygen atoms in total. The molecule has 0 radical (unpaired) electrons. The topological polar surface area (TPSA) is 89.8 Å². The van der Waals surface area contributed by atoms with Crippen molar-refractivity contribution in [3.63, 3.8) is 0 Å². The van der Waals surface area contributed by atoms with Gasteiger partial charge in [-0.05, 0) is 24.3 Å². The van der Waals surface area contributed by atoms with Gasteiger partial charge in [0.25, 0.3) is 5.91 Å². The molecule has 100 valence electrons. The third-order valence-corrected chi connectivity index (χ3v) is 3.27. The Hall–Kier alpha value is -1.40. The highest BCUT2D eigenvalue weighted by Gasteiger charge is 2.10. The fourth-order valence-electron chi connectivity index (χ4n) is 1.31. The van der Waals surface area contributed by atoms with Crippen molar-refractivity contribution in [1.29, 1.82) is 0 Å². The van der Waals surface area contributed by atoms with Gasteiger partial charge in [-0.2, -0.15) is 11.8 Å². The van der Waals surface area contributed by atoms with Gasteiger partial charge in [-0.3, -0.25) is 4.79 Å². The average molecular weight is 271 g/mol. The molecular formula is C12H17NO4S. The maximum atomic E-state index is 11.7. The highest BCUT2D eigenvalue weighted by molar-refractivity contribution is 7.99. The van der Waals surface area contributed by atoms with Crippen molar-refractivity contribution >= 4 is 17.7 Å². The Kier molecular flexibility index (Phi) is 6.38. The summed E-state index contributed by atoms with van der Waals surface area (Å²) >= 11 is 1.64. The molecule has 0 aliphatic heterocycles. The summed E-state index contributed by atoms with van der Waals surface area (Å²) in [6, 6.07) is 3.86. The van der Waals surface area contributed by atoms with Gasteiger partial charge in [-0.15, -0.1) is 0 Å². The number of hydrogen-bond acceptors (Lipinski definition) is 5. The molecule has 0 aromatic heterocycles. The molecule has 1 aromatic rings. The zero-order valence-corrected chi connectivity index (χ0v) is 10.7. The third kappa shape index (κ3) is 4.85. The highest BCUT2D eigenvalue weighted by atomic mass is 32.2. The molecule has 1 aromatic carbocycles. The van der Waals surface area contributed by atoms with E-state index < -0.39 is 0 Å². The number of phenols is 2. The average Bonchev–Trinajstić information content (AvgIpc) is 2.33. The lowest BCUT2D eigenvalue weighted by atomic mass is 10.2. The maximum Gasteiger partial charge on any atom is 0.255 e. The molecule has 0 aliphatic rings. The Balaban J connectivity index is 2.32. The number of amides is 1. The van der Waals surface area contributed by atoms with Crippen LogP contribution in [0.2, 0.25) is 0 Å². The Labute approximate surface area is 110 Å². The van der Waals surface area contributed by atoms with E-state index in [1.54, 1.807) is 11.8 Å². The smallest absolute Gasteiger partial charge is 0.255 e. The van der Waals surface area contributed by atoms with E-state index in [0.717, 1.165) is 24.0 Å². The van der Waals surface area contributed by atoms with Gasteiger partial charge in [0, 0.05) is 25.0 Å². The third-order valence-electron chi connectivity index (χ3n) is 2.20. The fourth-order valence-corrected chi connectivity index (χ4v) is 2.10. The summed E-state index contributed by atoms with van der Waals surface area (Å²) in [5.74, 6) is 0.931. The van der Waals surface area contributed by atoms with E-state index >= 15 is 0 Å². The summed E-state index contributed by atoms with van der Waals surface area (Å²) in [7, 11) is 0. The molecule has 0 atom stereocenters. The quantitative estimate of drug-likeness (QED) is 0.554. The SMILES string of the molecule is O=C(NCCSCCCO)c1ccc(O)cc1O. The molecule has 0 spiro atoms. The predicted molar refractivity (Wildman–Crippen MR) is 71.1 cm³/mol. The van der Waals surface area contributed by atoms with Gasteiger partial charge in [0.1, 0.15) is 11.5 Å². The summed E-state index contributed by atoms with van der Waals surface area (Å²) in [6.07, 6.45) is 0.747. The van der Waals surface area contributed by atoms with E-state index in [0.29, 0.717) is 6.54 Å². The van der Waals surface area contributed by atoms with E-state index in [1.165, 1.54) is 12.1 Å². The van der Waals surface area contributed by atoms with Crippen LogP contribution < -0.4 is 5.32 Å². The maximum absolute atomic E-state index is 11.7. The van der Waals surface area contributed by atoms with Gasteiger partial charge in [-0.1, -0.05) is 0 Å². The van der Waals surface area contributed by atoms with Gasteiger partial charge in [0.05, 0.1) is 5.56 Å². The van der Waals surface area contributed by atoms with Crippen molar-refractivity contribution in [2.75, 3.05) is 24.7 Å². The van der Waals surface area contributed by atoms with Crippen LogP contribution in [0.5, 0.6) is 11.5 Å². The summed E-state index contributed by atoms with van der Waals surface area (Å²) in [6.45, 7) is 0.677. The number of thioether (sulfide) groups is 1. The zero-order valence-electron chi connectivity index (χ0n) is 9.93. The van der Waals surface area contributed by atoms with Crippen molar-refractivity contribution in [3.05, 3.63) is 23.8 Å². The Morgan fingerprint density at radius 3 is 2.72 bits per heavy atom. The van der Waals surface area contributed by atoms with Crippen molar-refractivity contribution < 1.29 is 20.1 Å². The molecule has 0 aliphatic carbocycles. The first-order valence-electron chi connectivity index (χ1n) is 5.64. The largest absolute Gasteiger partial charge is 0.508 e. The van der Waals surface area contributed by atoms with Gasteiger partial charge in [-0.25, -0.2) is 0 Å². The number of rotatable bonds is 7. The standard InChI is InChI=1S/C12H17NO4S/c14-5-1-6-18-7-4-13-12(17)10-3-2-9(15)8-11(10)16/h2-3,8,14-16H,1,4-7H2,(H,13,17). The molecular weight excluding hydrogens is 254 g/mol. The first-order valence-corrected chi connectivity index (χ1v) is 6.79. The minimum Gasteiger partial charge on any atom is -0.508 e. The van der Waals surface area contributed by atoms with Crippen molar-refractivity contribution in [1.82, 2.24) is 5.32 Å². The molecule has 6 heteroatoms. The van der Waals surface area contributed by atoms with Crippen molar-refractivity contribution in [3.8, 4) is 11.5 Å². The molecule has 0 bridgehead atoms. The Morgan fingerprint density at radius 2 is 2.06 bits per heavy atom. The number of hydrogen-bond donors (Lipinski definition) is 4. The number of carbonyl (C=O) groups excluding carboxylic acids is 1. The van der Waals surface area contributed by atoms with Crippen LogP contribution in [0.4, 0.5) is 0 Å². The summed E-state index contributed by atoms with van der Waals surface area (Å²) < 4.78 is 0. The van der Waals surface area contributed by atoms with Crippen LogP contribution in [0.15, 0.2) is 18.2 Å². The molecule has 0 heterocycles. The van der Waals surface area contributed by atoms with E-state index in [9.17, 15) is 9.90 Å². The number of carbonyl (C=O) groups is 1. The van der Waals surface area contributed by atoms with E-state index in [2.05, 4.69) is 5.32 Å². The minimum absolute atomic E-state index is 0.0800. The number of phenolic OH excluding ortho intramolecular Hbond substituents is 2. The molecule has 0 unspecified atom stereocenters. The number of aliphatic hydroxyl groups excluding tert-OH is 1. The lowest BCUT2D eigenvalue weighted by molar-refractivity contribution is 0.0953. The first kappa shape index (κ1) is 14.7. The summed E-state index contributed by atoms with van der Waals surface area (Å²) in [4.78, 5) is 11.7. The Morgan fingerprint density at radius 1 is 1.28 bits per heavy atom. The number of aromatic hydroxyl groups is 2. The summed E-state index contributed by atoms with van der Waals surface area (Å²) in [5, 5.41) is 29.8. The molecule has 0 saturated heterocycles. The highest BCUT2D eigenvalue weighted by Crippen LogP contribution is 2.22. The van der Waals surface area contributed by atoms with Crippen LogP contribution in [0.1, 0.15) is 16.8 Å². The van der Waals surface area contributed by atoms with Gasteiger partial charge < -0.3 is 20.6 Å². The molecule has 0 fully saturated rings. The van der Waals surface area contributed by atoms with Crippen LogP contribution in [-0.2, 0) is 0 Å². The lowest BCUT2D eigenvalue weighted by Crippen LogP contribution is -2.25. The fraction of sp³-hybridized carbons (Fsp3) is 0.417. The van der Waals surface area contributed by atoms with Crippen molar-refractivity contribution in [2.45, 2.75) is 6.42 Å². The summed E-state index contributed by atoms with van der Waals surface area (Å²) in [5.41, 5.74) is 0.146. The zero-order chi connectivity index (χ0) is 13.4. The number of aliphatic hydroxyl groups is 1. The van der Waals surface area contributed by atoms with Gasteiger partial charge >= 0.3 is 0 Å². The molecule has 0 saturated carbocycles. The van der Waals surface area contributed by atoms with Crippen LogP contribution in [0.25, 0.3) is 0 Å². The number of benzene rings is 1. The van der Waals surface area contributed by atoms with E-state index in [1.807, 2.05) is 0 Å². The Bertz CT molecular complexity index is 398. The number of nitrogens with one attached hydrogen (secondary N) is 1. The van der Waals surface area contributed by atoms with E-state index in [4.69, 9.17) is 10.2 Å². The second-order valence-electron chi connectivity index (χ2n) is 3.65. The van der Waals surface area contributed by atoms with Crippen molar-refractivity contribution in [2.24, 2.45) is 0 Å². The minimum atomic E-state index is -0.366.